The van der Waals surface area contributed by atoms with Gasteiger partial charge in [-0.15, -0.1) is 12.4 Å². The van der Waals surface area contributed by atoms with Crippen LogP contribution in [0.15, 0.2) is 0 Å². The maximum absolute atomic E-state index is 10.8. The lowest BCUT2D eigenvalue weighted by Gasteiger charge is -2.19. The van der Waals surface area contributed by atoms with Crippen LogP contribution in [0.1, 0.15) is 32.1 Å². The molecule has 0 aromatic heterocycles. The number of hydrogen-bond donors (Lipinski definition) is 1. The summed E-state index contributed by atoms with van der Waals surface area (Å²) < 4.78 is 0. The van der Waals surface area contributed by atoms with Gasteiger partial charge in [0.2, 0.25) is 0 Å². The van der Waals surface area contributed by atoms with Crippen LogP contribution in [0.3, 0.4) is 0 Å². The van der Waals surface area contributed by atoms with Gasteiger partial charge < -0.3 is 5.11 Å². The second-order valence-corrected chi connectivity index (χ2v) is 3.73. The molecule has 0 saturated heterocycles. The van der Waals surface area contributed by atoms with E-state index >= 15 is 0 Å². The molecule has 2 fully saturated rings. The van der Waals surface area contributed by atoms with Crippen LogP contribution in [0.5, 0.6) is 0 Å². The molecular formula is C8H13ClO2. The van der Waals surface area contributed by atoms with E-state index in [1.807, 2.05) is 0 Å². The molecule has 0 aliphatic heterocycles. The SMILES string of the molecule is Cl.O=C(O)C12CCC(CC1)C2. The molecule has 2 nitrogen and oxygen atoms in total. The molecule has 2 aliphatic carbocycles. The first kappa shape index (κ1) is 8.85. The van der Waals surface area contributed by atoms with Crippen molar-refractivity contribution < 1.29 is 9.90 Å². The molecule has 0 radical (unpaired) electrons. The number of halogens is 1. The summed E-state index contributed by atoms with van der Waals surface area (Å²) in [5.41, 5.74) is -0.273. The van der Waals surface area contributed by atoms with Crippen molar-refractivity contribution >= 4 is 18.4 Å². The van der Waals surface area contributed by atoms with Crippen LogP contribution >= 0.6 is 12.4 Å². The fourth-order valence-corrected chi connectivity index (χ4v) is 2.49. The van der Waals surface area contributed by atoms with Crippen molar-refractivity contribution in [3.05, 3.63) is 0 Å². The lowest BCUT2D eigenvalue weighted by molar-refractivity contribution is -0.148. The number of hydrogen-bond acceptors (Lipinski definition) is 1. The van der Waals surface area contributed by atoms with Crippen molar-refractivity contribution in [3.63, 3.8) is 0 Å². The molecule has 11 heavy (non-hydrogen) atoms. The highest BCUT2D eigenvalue weighted by Gasteiger charge is 2.50. The first-order chi connectivity index (χ1) is 4.73. The first-order valence-electron chi connectivity index (χ1n) is 3.96. The largest absolute Gasteiger partial charge is 0.481 e. The fourth-order valence-electron chi connectivity index (χ4n) is 2.49. The summed E-state index contributed by atoms with van der Waals surface area (Å²) in [6.07, 6.45) is 5.15. The summed E-state index contributed by atoms with van der Waals surface area (Å²) in [4.78, 5) is 10.8. The van der Waals surface area contributed by atoms with Crippen LogP contribution in [0.4, 0.5) is 0 Å². The Morgan fingerprint density at radius 1 is 1.36 bits per heavy atom. The Hall–Kier alpha value is -0.240. The summed E-state index contributed by atoms with van der Waals surface area (Å²) >= 11 is 0. The molecule has 0 amide bonds. The Morgan fingerprint density at radius 3 is 2.09 bits per heavy atom. The molecule has 0 aromatic rings. The van der Waals surface area contributed by atoms with Crippen LogP contribution in [-0.2, 0) is 4.79 Å². The predicted octanol–water partition coefficient (Wildman–Crippen LogP) is 2.07. The maximum Gasteiger partial charge on any atom is 0.309 e. The monoisotopic (exact) mass is 176 g/mol. The van der Waals surface area contributed by atoms with Gasteiger partial charge in [-0.3, -0.25) is 4.79 Å². The van der Waals surface area contributed by atoms with E-state index in [2.05, 4.69) is 0 Å². The van der Waals surface area contributed by atoms with Gasteiger partial charge in [-0.25, -0.2) is 0 Å². The third-order valence-electron chi connectivity index (χ3n) is 3.20. The first-order valence-corrected chi connectivity index (χ1v) is 3.96. The average Bonchev–Trinajstić information content (AvgIpc) is 2.45. The predicted molar refractivity (Wildman–Crippen MR) is 43.9 cm³/mol. The fraction of sp³-hybridized carbons (Fsp3) is 0.875. The van der Waals surface area contributed by atoms with Gasteiger partial charge in [0.05, 0.1) is 5.41 Å². The van der Waals surface area contributed by atoms with Gasteiger partial charge in [0.25, 0.3) is 0 Å². The molecule has 64 valence electrons. The highest BCUT2D eigenvalue weighted by Crippen LogP contribution is 2.53. The van der Waals surface area contributed by atoms with E-state index in [1.165, 1.54) is 0 Å². The third-order valence-corrected chi connectivity index (χ3v) is 3.20. The molecule has 3 heteroatoms. The molecule has 2 rings (SSSR count). The van der Waals surface area contributed by atoms with Gasteiger partial charge in [-0.1, -0.05) is 0 Å². The minimum Gasteiger partial charge on any atom is -0.481 e. The van der Waals surface area contributed by atoms with Crippen molar-refractivity contribution in [2.75, 3.05) is 0 Å². The topological polar surface area (TPSA) is 37.3 Å². The summed E-state index contributed by atoms with van der Waals surface area (Å²) in [6.45, 7) is 0. The van der Waals surface area contributed by atoms with Gasteiger partial charge in [0, 0.05) is 0 Å². The van der Waals surface area contributed by atoms with Gasteiger partial charge in [0.1, 0.15) is 0 Å². The zero-order chi connectivity index (χ0) is 7.19. The zero-order valence-electron chi connectivity index (χ0n) is 6.38. The van der Waals surface area contributed by atoms with E-state index < -0.39 is 5.97 Å². The van der Waals surface area contributed by atoms with Gasteiger partial charge in [0.15, 0.2) is 0 Å². The number of carboxylic acids is 1. The second-order valence-electron chi connectivity index (χ2n) is 3.73. The second kappa shape index (κ2) is 2.67. The van der Waals surface area contributed by atoms with Crippen LogP contribution in [-0.4, -0.2) is 11.1 Å². The number of fused-ring (bicyclic) bond motifs is 2. The Kier molecular flexibility index (Phi) is 2.15. The zero-order valence-corrected chi connectivity index (χ0v) is 7.19. The highest BCUT2D eigenvalue weighted by atomic mass is 35.5. The summed E-state index contributed by atoms with van der Waals surface area (Å²) in [5.74, 6) is 0.198. The molecule has 0 aromatic carbocycles. The minimum absolute atomic E-state index is 0. The summed E-state index contributed by atoms with van der Waals surface area (Å²) in [5, 5.41) is 8.89. The maximum atomic E-state index is 10.8. The van der Waals surface area contributed by atoms with E-state index in [0.717, 1.165) is 38.0 Å². The molecule has 0 spiro atoms. The van der Waals surface area contributed by atoms with E-state index in [4.69, 9.17) is 5.11 Å². The standard InChI is InChI=1S/C8H12O2.ClH/c9-7(10)8-3-1-6(5-8)2-4-8;/h6H,1-5H2,(H,9,10);1H. The minimum atomic E-state index is -0.549. The Bertz CT molecular complexity index is 171. The Labute approximate surface area is 72.4 Å². The average molecular weight is 177 g/mol. The Balaban J connectivity index is 0.000000605. The third kappa shape index (κ3) is 1.13. The number of carbonyl (C=O) groups is 1. The molecule has 2 saturated carbocycles. The number of aliphatic carboxylic acids is 1. The van der Waals surface area contributed by atoms with E-state index in [-0.39, 0.29) is 17.8 Å². The molecule has 2 aliphatic rings. The quantitative estimate of drug-likeness (QED) is 0.664. The van der Waals surface area contributed by atoms with E-state index in [9.17, 15) is 4.79 Å². The summed E-state index contributed by atoms with van der Waals surface area (Å²) in [7, 11) is 0. The lowest BCUT2D eigenvalue weighted by atomic mass is 9.85. The molecule has 2 bridgehead atoms. The highest BCUT2D eigenvalue weighted by molar-refractivity contribution is 5.85. The molecular weight excluding hydrogens is 164 g/mol. The van der Waals surface area contributed by atoms with Crippen LogP contribution in [0.2, 0.25) is 0 Å². The molecule has 0 atom stereocenters. The van der Waals surface area contributed by atoms with Crippen molar-refractivity contribution in [2.24, 2.45) is 11.3 Å². The smallest absolute Gasteiger partial charge is 0.309 e. The molecule has 0 unspecified atom stereocenters. The van der Waals surface area contributed by atoms with E-state index in [1.54, 1.807) is 0 Å². The summed E-state index contributed by atoms with van der Waals surface area (Å²) in [6, 6.07) is 0. The van der Waals surface area contributed by atoms with Gasteiger partial charge in [-0.2, -0.15) is 0 Å². The van der Waals surface area contributed by atoms with Crippen molar-refractivity contribution in [3.8, 4) is 0 Å². The van der Waals surface area contributed by atoms with Crippen molar-refractivity contribution in [1.82, 2.24) is 0 Å². The normalized spacial score (nSPS) is 40.2. The number of carboxylic acid groups (broad SMARTS) is 1. The van der Waals surface area contributed by atoms with Gasteiger partial charge in [-0.05, 0) is 38.0 Å². The van der Waals surface area contributed by atoms with Crippen LogP contribution in [0.25, 0.3) is 0 Å². The van der Waals surface area contributed by atoms with Crippen molar-refractivity contribution in [1.29, 1.82) is 0 Å². The molecule has 1 N–H and O–H groups in total. The van der Waals surface area contributed by atoms with E-state index in [0.29, 0.717) is 0 Å². The van der Waals surface area contributed by atoms with Crippen LogP contribution < -0.4 is 0 Å². The number of rotatable bonds is 1. The van der Waals surface area contributed by atoms with Crippen LogP contribution in [0, 0.1) is 11.3 Å². The lowest BCUT2D eigenvalue weighted by Crippen LogP contribution is -2.25. The Morgan fingerprint density at radius 2 is 1.91 bits per heavy atom. The van der Waals surface area contributed by atoms with Crippen molar-refractivity contribution in [2.45, 2.75) is 32.1 Å². The van der Waals surface area contributed by atoms with Gasteiger partial charge >= 0.3 is 5.97 Å². The molecule has 0 heterocycles.